The van der Waals surface area contributed by atoms with Gasteiger partial charge in [0.25, 0.3) is 0 Å². The van der Waals surface area contributed by atoms with Gasteiger partial charge in [0.15, 0.2) is 12.6 Å². The fourth-order valence-corrected chi connectivity index (χ4v) is 4.70. The predicted octanol–water partition coefficient (Wildman–Crippen LogP) is 5.23. The second kappa shape index (κ2) is 16.4. The van der Waals surface area contributed by atoms with E-state index in [0.717, 1.165) is 24.7 Å². The van der Waals surface area contributed by atoms with Crippen molar-refractivity contribution in [2.45, 2.75) is 64.2 Å². The lowest BCUT2D eigenvalue weighted by Crippen LogP contribution is -2.15. The van der Waals surface area contributed by atoms with Crippen LogP contribution in [0.2, 0.25) is 0 Å². The van der Waals surface area contributed by atoms with E-state index in [-0.39, 0.29) is 5.48 Å². The van der Waals surface area contributed by atoms with Gasteiger partial charge in [0.1, 0.15) is 11.5 Å². The number of hydrogen-bond acceptors (Lipinski definition) is 6. The Bertz CT molecular complexity index is 888. The molecular formula is C30H38O7. The average Bonchev–Trinajstić information content (AvgIpc) is 2.96. The van der Waals surface area contributed by atoms with Crippen LogP contribution >= 0.6 is 0 Å². The summed E-state index contributed by atoms with van der Waals surface area (Å²) in [5.41, 5.74) is 0.824. The lowest BCUT2D eigenvalue weighted by atomic mass is 9.90. The Balaban J connectivity index is 0.000000253. The van der Waals surface area contributed by atoms with Gasteiger partial charge in [0.2, 0.25) is 11.6 Å². The van der Waals surface area contributed by atoms with Gasteiger partial charge in [-0.25, -0.2) is 0 Å². The topological polar surface area (TPSA) is 118 Å². The highest BCUT2D eigenvalue weighted by Crippen LogP contribution is 2.25. The number of hydrogen-bond donors (Lipinski definition) is 0. The minimum absolute atomic E-state index is 0. The highest BCUT2D eigenvalue weighted by molar-refractivity contribution is 6.33. The molecule has 7 heteroatoms. The van der Waals surface area contributed by atoms with E-state index in [4.69, 9.17) is 9.47 Å². The summed E-state index contributed by atoms with van der Waals surface area (Å²) >= 11 is 0. The summed E-state index contributed by atoms with van der Waals surface area (Å²) in [7, 11) is 0. The molecular weight excluding hydrogens is 472 g/mol. The van der Waals surface area contributed by atoms with Gasteiger partial charge in [-0.3, -0.25) is 19.2 Å². The highest BCUT2D eigenvalue weighted by atomic mass is 16.5. The van der Waals surface area contributed by atoms with Crippen molar-refractivity contribution < 1.29 is 34.1 Å². The third kappa shape index (κ3) is 10.3. The Hall–Kier alpha value is -3.32. The Morgan fingerprint density at radius 1 is 0.595 bits per heavy atom. The molecule has 0 heterocycles. The third-order valence-corrected chi connectivity index (χ3v) is 6.91. The zero-order valence-corrected chi connectivity index (χ0v) is 21.4. The molecule has 2 aromatic carbocycles. The number of carbonyl (C=O) groups excluding carboxylic acids is 4. The van der Waals surface area contributed by atoms with Gasteiger partial charge in [0, 0.05) is 11.1 Å². The number of Topliss-reactive ketones (excluding diaryl/α,β-unsaturated/α-hetero) is 2. The molecule has 2 aliphatic carbocycles. The van der Waals surface area contributed by atoms with Crippen LogP contribution in [0.15, 0.2) is 48.5 Å². The molecule has 0 amide bonds. The van der Waals surface area contributed by atoms with Crippen molar-refractivity contribution in [1.82, 2.24) is 0 Å². The summed E-state index contributed by atoms with van der Waals surface area (Å²) in [6, 6.07) is 13.5. The Labute approximate surface area is 218 Å². The predicted molar refractivity (Wildman–Crippen MR) is 141 cm³/mol. The van der Waals surface area contributed by atoms with Gasteiger partial charge in [-0.1, -0.05) is 38.5 Å². The number of benzene rings is 2. The molecule has 200 valence electrons. The van der Waals surface area contributed by atoms with E-state index in [1.165, 1.54) is 64.2 Å². The molecule has 7 nitrogen and oxygen atoms in total. The number of rotatable bonds is 10. The molecule has 2 saturated carbocycles. The molecule has 2 aromatic rings. The van der Waals surface area contributed by atoms with Crippen LogP contribution in [0.1, 0.15) is 84.9 Å². The minimum Gasteiger partial charge on any atom is -0.493 e. The summed E-state index contributed by atoms with van der Waals surface area (Å²) in [6.45, 7) is 1.50. The van der Waals surface area contributed by atoms with Crippen LogP contribution in [0, 0.1) is 11.8 Å². The second-order valence-corrected chi connectivity index (χ2v) is 9.64. The van der Waals surface area contributed by atoms with E-state index in [0.29, 0.717) is 35.5 Å². The molecule has 0 bridgehead atoms. The molecule has 4 rings (SSSR count). The number of aldehydes is 2. The van der Waals surface area contributed by atoms with E-state index < -0.39 is 11.6 Å². The summed E-state index contributed by atoms with van der Waals surface area (Å²) < 4.78 is 11.4. The van der Waals surface area contributed by atoms with E-state index >= 15 is 0 Å². The Kier molecular flexibility index (Phi) is 13.3. The molecule has 0 radical (unpaired) electrons. The lowest BCUT2D eigenvalue weighted by molar-refractivity contribution is -0.105. The first-order valence-electron chi connectivity index (χ1n) is 13.0. The normalized spacial score (nSPS) is 15.8. The zero-order chi connectivity index (χ0) is 25.6. The number of ether oxygens (including phenoxy) is 2. The summed E-state index contributed by atoms with van der Waals surface area (Å²) in [6.07, 6.45) is 13.6. The van der Waals surface area contributed by atoms with Gasteiger partial charge in [-0.15, -0.1) is 0 Å². The molecule has 2 fully saturated rings. The van der Waals surface area contributed by atoms with Crippen LogP contribution < -0.4 is 9.47 Å². The first kappa shape index (κ1) is 29.9. The van der Waals surface area contributed by atoms with Crippen LogP contribution in [-0.2, 0) is 9.59 Å². The molecule has 0 saturated heterocycles. The molecule has 0 aliphatic heterocycles. The van der Waals surface area contributed by atoms with Gasteiger partial charge in [-0.05, 0) is 86.1 Å². The van der Waals surface area contributed by atoms with Crippen molar-refractivity contribution >= 4 is 24.1 Å². The van der Waals surface area contributed by atoms with Crippen molar-refractivity contribution in [3.8, 4) is 11.5 Å². The van der Waals surface area contributed by atoms with E-state index in [1.54, 1.807) is 48.5 Å². The van der Waals surface area contributed by atoms with Gasteiger partial charge in [-0.2, -0.15) is 0 Å². The maximum Gasteiger partial charge on any atom is 0.225 e. The molecule has 0 spiro atoms. The molecule has 0 aromatic heterocycles. The molecule has 2 aliphatic rings. The van der Waals surface area contributed by atoms with Crippen LogP contribution in [-0.4, -0.2) is 42.8 Å². The first-order valence-corrected chi connectivity index (χ1v) is 13.0. The SMILES string of the molecule is O.O=CC(=O)c1ccc(OCC2CCCCC2)cc1.O=CC(=O)c1ccc(OCC2CCCCC2)cc1. The van der Waals surface area contributed by atoms with Crippen molar-refractivity contribution in [2.75, 3.05) is 13.2 Å². The van der Waals surface area contributed by atoms with E-state index in [2.05, 4.69) is 0 Å². The zero-order valence-electron chi connectivity index (χ0n) is 21.4. The van der Waals surface area contributed by atoms with Crippen LogP contribution in [0.5, 0.6) is 11.5 Å². The van der Waals surface area contributed by atoms with Crippen LogP contribution in [0.3, 0.4) is 0 Å². The third-order valence-electron chi connectivity index (χ3n) is 6.91. The van der Waals surface area contributed by atoms with Gasteiger partial charge in [0.05, 0.1) is 13.2 Å². The average molecular weight is 511 g/mol. The largest absolute Gasteiger partial charge is 0.493 e. The van der Waals surface area contributed by atoms with Crippen molar-refractivity contribution in [3.05, 3.63) is 59.7 Å². The summed E-state index contributed by atoms with van der Waals surface area (Å²) in [4.78, 5) is 42.9. The van der Waals surface area contributed by atoms with E-state index in [9.17, 15) is 19.2 Å². The maximum atomic E-state index is 11.1. The second-order valence-electron chi connectivity index (χ2n) is 9.64. The molecule has 2 N–H and O–H groups in total. The van der Waals surface area contributed by atoms with Gasteiger partial charge < -0.3 is 14.9 Å². The smallest absolute Gasteiger partial charge is 0.225 e. The summed E-state index contributed by atoms with van der Waals surface area (Å²) in [5, 5.41) is 0. The molecule has 37 heavy (non-hydrogen) atoms. The quantitative estimate of drug-likeness (QED) is 0.245. The Morgan fingerprint density at radius 3 is 1.22 bits per heavy atom. The molecule has 0 unspecified atom stereocenters. The molecule has 0 atom stereocenters. The van der Waals surface area contributed by atoms with Crippen LogP contribution in [0.4, 0.5) is 0 Å². The van der Waals surface area contributed by atoms with Crippen molar-refractivity contribution in [3.63, 3.8) is 0 Å². The van der Waals surface area contributed by atoms with Crippen molar-refractivity contribution in [2.24, 2.45) is 11.8 Å². The van der Waals surface area contributed by atoms with E-state index in [1.807, 2.05) is 0 Å². The minimum atomic E-state index is -0.492. The van der Waals surface area contributed by atoms with Crippen molar-refractivity contribution in [1.29, 1.82) is 0 Å². The standard InChI is InChI=1S/2C15H18O3.H2O/c2*16-10-15(17)13-6-8-14(9-7-13)18-11-12-4-2-1-3-5-12;/h2*6-10,12H,1-5,11H2;1H2. The Morgan fingerprint density at radius 2 is 0.919 bits per heavy atom. The monoisotopic (exact) mass is 510 g/mol. The number of ketones is 2. The lowest BCUT2D eigenvalue weighted by Gasteiger charge is -2.21. The van der Waals surface area contributed by atoms with Gasteiger partial charge >= 0.3 is 0 Å². The maximum absolute atomic E-state index is 11.1. The van der Waals surface area contributed by atoms with Crippen LogP contribution in [0.25, 0.3) is 0 Å². The summed E-state index contributed by atoms with van der Waals surface area (Å²) in [5.74, 6) is 1.87. The fourth-order valence-electron chi connectivity index (χ4n) is 4.70. The number of carbonyl (C=O) groups is 4. The highest BCUT2D eigenvalue weighted by Gasteiger charge is 2.15. The fraction of sp³-hybridized carbons (Fsp3) is 0.467. The first-order chi connectivity index (χ1) is 17.6.